The zero-order chi connectivity index (χ0) is 19.2. The minimum Gasteiger partial charge on any atom is -0.342 e. The summed E-state index contributed by atoms with van der Waals surface area (Å²) in [6, 6.07) is 7.22. The van der Waals surface area contributed by atoms with Crippen LogP contribution in [-0.4, -0.2) is 53.7 Å². The predicted molar refractivity (Wildman–Crippen MR) is 104 cm³/mol. The lowest BCUT2D eigenvalue weighted by atomic mass is 9.96. The number of likely N-dealkylation sites (tertiary alicyclic amines) is 2. The molecular weight excluding hydrogens is 342 g/mol. The second-order valence-electron chi connectivity index (χ2n) is 7.42. The van der Waals surface area contributed by atoms with Crippen molar-refractivity contribution in [2.75, 3.05) is 31.5 Å². The molecule has 6 nitrogen and oxygen atoms in total. The summed E-state index contributed by atoms with van der Waals surface area (Å²) < 4.78 is 0. The molecule has 2 aliphatic heterocycles. The number of carbonyl (C=O) groups is 3. The van der Waals surface area contributed by atoms with Crippen molar-refractivity contribution in [1.29, 1.82) is 0 Å². The molecule has 1 aromatic carbocycles. The Morgan fingerprint density at radius 3 is 2.44 bits per heavy atom. The molecule has 6 heteroatoms. The normalized spacial score (nSPS) is 20.3. The van der Waals surface area contributed by atoms with Gasteiger partial charge in [0, 0.05) is 32.6 Å². The lowest BCUT2D eigenvalue weighted by Gasteiger charge is -2.32. The number of rotatable bonds is 4. The van der Waals surface area contributed by atoms with Crippen LogP contribution in [0.4, 0.5) is 5.69 Å². The molecule has 0 spiro atoms. The van der Waals surface area contributed by atoms with Crippen LogP contribution >= 0.6 is 0 Å². The molecule has 3 amide bonds. The highest BCUT2D eigenvalue weighted by Gasteiger charge is 2.29. The first-order valence-electron chi connectivity index (χ1n) is 10.1. The fourth-order valence-corrected chi connectivity index (χ4v) is 3.92. The molecule has 2 saturated heterocycles. The number of hydrogen-bond acceptors (Lipinski definition) is 3. The Kier molecular flexibility index (Phi) is 6.48. The Hall–Kier alpha value is -2.37. The minimum absolute atomic E-state index is 0.0166. The van der Waals surface area contributed by atoms with Crippen molar-refractivity contribution in [1.82, 2.24) is 9.80 Å². The molecule has 2 fully saturated rings. The number of nitrogens with one attached hydrogen (secondary N) is 1. The second kappa shape index (κ2) is 9.02. The van der Waals surface area contributed by atoms with E-state index in [9.17, 15) is 14.4 Å². The van der Waals surface area contributed by atoms with Crippen LogP contribution < -0.4 is 5.32 Å². The van der Waals surface area contributed by atoms with E-state index in [1.807, 2.05) is 24.0 Å². The van der Waals surface area contributed by atoms with E-state index in [0.717, 1.165) is 51.7 Å². The van der Waals surface area contributed by atoms with Crippen molar-refractivity contribution < 1.29 is 14.4 Å². The summed E-state index contributed by atoms with van der Waals surface area (Å²) in [5, 5.41) is 2.95. The van der Waals surface area contributed by atoms with E-state index >= 15 is 0 Å². The van der Waals surface area contributed by atoms with Gasteiger partial charge in [-0.3, -0.25) is 14.4 Å². The van der Waals surface area contributed by atoms with Crippen molar-refractivity contribution >= 4 is 23.4 Å². The van der Waals surface area contributed by atoms with E-state index in [1.54, 1.807) is 17.0 Å². The van der Waals surface area contributed by atoms with Crippen molar-refractivity contribution in [3.8, 4) is 0 Å². The maximum absolute atomic E-state index is 12.9. The van der Waals surface area contributed by atoms with Gasteiger partial charge in [-0.25, -0.2) is 0 Å². The topological polar surface area (TPSA) is 69.7 Å². The molecule has 0 aliphatic carbocycles. The highest BCUT2D eigenvalue weighted by atomic mass is 16.2. The lowest BCUT2D eigenvalue weighted by Crippen LogP contribution is -2.43. The largest absolute Gasteiger partial charge is 0.342 e. The van der Waals surface area contributed by atoms with Crippen molar-refractivity contribution in [2.24, 2.45) is 5.92 Å². The number of benzene rings is 1. The van der Waals surface area contributed by atoms with E-state index in [0.29, 0.717) is 24.2 Å². The first-order chi connectivity index (χ1) is 13.1. The maximum atomic E-state index is 12.9. The molecule has 2 heterocycles. The van der Waals surface area contributed by atoms with E-state index in [-0.39, 0.29) is 23.6 Å². The van der Waals surface area contributed by atoms with Crippen LogP contribution in [0.25, 0.3) is 0 Å². The van der Waals surface area contributed by atoms with E-state index in [4.69, 9.17) is 0 Å². The number of anilines is 1. The molecule has 27 heavy (non-hydrogen) atoms. The van der Waals surface area contributed by atoms with Gasteiger partial charge in [0.2, 0.25) is 11.8 Å². The maximum Gasteiger partial charge on any atom is 0.255 e. The standard InChI is InChI=1S/C21H29N3O3/c1-2-19(25)24-14-8-9-16(15-24)20(26)22-18-11-5-4-10-17(18)21(27)23-12-6-3-7-13-23/h4-5,10-11,16H,2-3,6-9,12-15H2,1H3,(H,22,26). The van der Waals surface area contributed by atoms with E-state index in [1.165, 1.54) is 0 Å². The van der Waals surface area contributed by atoms with Crippen LogP contribution in [0.1, 0.15) is 55.8 Å². The SMILES string of the molecule is CCC(=O)N1CCCC(C(=O)Nc2ccccc2C(=O)N2CCCCC2)C1. The van der Waals surface area contributed by atoms with Gasteiger partial charge < -0.3 is 15.1 Å². The summed E-state index contributed by atoms with van der Waals surface area (Å²) in [5.74, 6) is -0.264. The summed E-state index contributed by atoms with van der Waals surface area (Å²) in [6.07, 6.45) is 5.28. The molecule has 1 aromatic rings. The van der Waals surface area contributed by atoms with Gasteiger partial charge in [-0.1, -0.05) is 19.1 Å². The minimum atomic E-state index is -0.229. The average Bonchev–Trinajstić information content (AvgIpc) is 2.73. The van der Waals surface area contributed by atoms with Gasteiger partial charge >= 0.3 is 0 Å². The van der Waals surface area contributed by atoms with Crippen molar-refractivity contribution in [2.45, 2.75) is 45.4 Å². The van der Waals surface area contributed by atoms with Crippen molar-refractivity contribution in [3.63, 3.8) is 0 Å². The van der Waals surface area contributed by atoms with Crippen molar-refractivity contribution in [3.05, 3.63) is 29.8 Å². The van der Waals surface area contributed by atoms with Crippen LogP contribution in [0, 0.1) is 5.92 Å². The lowest BCUT2D eigenvalue weighted by molar-refractivity contribution is -0.134. The van der Waals surface area contributed by atoms with Gasteiger partial charge in [0.05, 0.1) is 17.2 Å². The Balaban J connectivity index is 1.69. The quantitative estimate of drug-likeness (QED) is 0.885. The molecule has 2 aliphatic rings. The first-order valence-corrected chi connectivity index (χ1v) is 10.1. The molecule has 0 bridgehead atoms. The highest BCUT2D eigenvalue weighted by molar-refractivity contribution is 6.04. The Bertz CT molecular complexity index is 698. The van der Waals surface area contributed by atoms with E-state index < -0.39 is 0 Å². The zero-order valence-corrected chi connectivity index (χ0v) is 16.1. The Morgan fingerprint density at radius 1 is 1.00 bits per heavy atom. The number of amides is 3. The number of nitrogens with zero attached hydrogens (tertiary/aromatic N) is 2. The van der Waals surface area contributed by atoms with Gasteiger partial charge in [-0.2, -0.15) is 0 Å². The smallest absolute Gasteiger partial charge is 0.255 e. The van der Waals surface area contributed by atoms with Gasteiger partial charge in [0.25, 0.3) is 5.91 Å². The number of piperidine rings is 2. The summed E-state index contributed by atoms with van der Waals surface area (Å²) in [7, 11) is 0. The summed E-state index contributed by atoms with van der Waals surface area (Å²) in [5.41, 5.74) is 1.11. The highest BCUT2D eigenvalue weighted by Crippen LogP contribution is 2.23. The van der Waals surface area contributed by atoms with Crippen LogP contribution in [0.2, 0.25) is 0 Å². The molecule has 146 valence electrons. The van der Waals surface area contributed by atoms with Gasteiger partial charge in [-0.05, 0) is 44.2 Å². The molecule has 0 aromatic heterocycles. The van der Waals surface area contributed by atoms with Crippen LogP contribution in [0.15, 0.2) is 24.3 Å². The molecule has 0 saturated carbocycles. The summed E-state index contributed by atoms with van der Waals surface area (Å²) >= 11 is 0. The molecule has 0 radical (unpaired) electrons. The number of hydrogen-bond donors (Lipinski definition) is 1. The molecule has 1 N–H and O–H groups in total. The van der Waals surface area contributed by atoms with Gasteiger partial charge in [-0.15, -0.1) is 0 Å². The summed E-state index contributed by atoms with van der Waals surface area (Å²) in [4.78, 5) is 41.3. The Labute approximate surface area is 160 Å². The number of para-hydroxylation sites is 1. The number of carbonyl (C=O) groups excluding carboxylic acids is 3. The molecule has 1 unspecified atom stereocenters. The molecule has 1 atom stereocenters. The monoisotopic (exact) mass is 371 g/mol. The van der Waals surface area contributed by atoms with Crippen LogP contribution in [-0.2, 0) is 9.59 Å². The molecule has 3 rings (SSSR count). The fourth-order valence-electron chi connectivity index (χ4n) is 3.92. The molecular formula is C21H29N3O3. The zero-order valence-electron chi connectivity index (χ0n) is 16.1. The average molecular weight is 371 g/mol. The predicted octanol–water partition coefficient (Wildman–Crippen LogP) is 2.90. The third-order valence-electron chi connectivity index (χ3n) is 5.51. The first kappa shape index (κ1) is 19.4. The fraction of sp³-hybridized carbons (Fsp3) is 0.571. The van der Waals surface area contributed by atoms with Gasteiger partial charge in [0.15, 0.2) is 0 Å². The third kappa shape index (κ3) is 4.67. The van der Waals surface area contributed by atoms with E-state index in [2.05, 4.69) is 5.32 Å². The van der Waals surface area contributed by atoms with Gasteiger partial charge in [0.1, 0.15) is 0 Å². The second-order valence-corrected chi connectivity index (χ2v) is 7.42. The van der Waals surface area contributed by atoms with Crippen LogP contribution in [0.3, 0.4) is 0 Å². The third-order valence-corrected chi connectivity index (χ3v) is 5.51. The Morgan fingerprint density at radius 2 is 1.70 bits per heavy atom. The summed E-state index contributed by atoms with van der Waals surface area (Å²) in [6.45, 7) is 4.57. The van der Waals surface area contributed by atoms with Crippen LogP contribution in [0.5, 0.6) is 0 Å².